The molecule has 1 aliphatic carbocycles. The first-order chi connectivity index (χ1) is 9.60. The standard InChI is InChI=1S/C15H21FN2O2/c1-2-18(8-7-15(19)20)14-9-11(3-6-13(14)16)10-17-12-4-5-12/h3,6,9,12,17H,2,4-5,7-8,10H2,1H3,(H,19,20). The first-order valence-corrected chi connectivity index (χ1v) is 7.08. The Balaban J connectivity index is 2.05. The molecule has 2 rings (SSSR count). The topological polar surface area (TPSA) is 52.6 Å². The lowest BCUT2D eigenvalue weighted by atomic mass is 10.1. The second-order valence-electron chi connectivity index (χ2n) is 5.16. The zero-order valence-corrected chi connectivity index (χ0v) is 11.7. The molecule has 20 heavy (non-hydrogen) atoms. The van der Waals surface area contributed by atoms with Crippen LogP contribution in [0.3, 0.4) is 0 Å². The molecule has 0 unspecified atom stereocenters. The van der Waals surface area contributed by atoms with E-state index < -0.39 is 5.97 Å². The molecule has 1 aromatic rings. The van der Waals surface area contributed by atoms with Crippen LogP contribution in [0.5, 0.6) is 0 Å². The summed E-state index contributed by atoms with van der Waals surface area (Å²) < 4.78 is 13.9. The fourth-order valence-electron chi connectivity index (χ4n) is 2.14. The molecule has 1 aliphatic rings. The van der Waals surface area contributed by atoms with Gasteiger partial charge >= 0.3 is 5.97 Å². The third-order valence-electron chi connectivity index (χ3n) is 3.50. The van der Waals surface area contributed by atoms with Gasteiger partial charge in [0.05, 0.1) is 12.1 Å². The van der Waals surface area contributed by atoms with Crippen molar-refractivity contribution in [3.63, 3.8) is 0 Å². The maximum atomic E-state index is 13.9. The highest BCUT2D eigenvalue weighted by molar-refractivity contribution is 5.67. The number of carboxylic acid groups (broad SMARTS) is 1. The highest BCUT2D eigenvalue weighted by Gasteiger charge is 2.20. The Morgan fingerprint density at radius 1 is 1.50 bits per heavy atom. The van der Waals surface area contributed by atoms with Gasteiger partial charge in [0.1, 0.15) is 5.82 Å². The predicted molar refractivity (Wildman–Crippen MR) is 76.4 cm³/mol. The van der Waals surface area contributed by atoms with Crippen LogP contribution >= 0.6 is 0 Å². The Labute approximate surface area is 118 Å². The number of hydrogen-bond acceptors (Lipinski definition) is 3. The number of hydrogen-bond donors (Lipinski definition) is 2. The molecule has 1 fully saturated rings. The highest BCUT2D eigenvalue weighted by atomic mass is 19.1. The van der Waals surface area contributed by atoms with Gasteiger partial charge in [0, 0.05) is 25.7 Å². The molecule has 0 bridgehead atoms. The van der Waals surface area contributed by atoms with Crippen molar-refractivity contribution in [1.29, 1.82) is 0 Å². The van der Waals surface area contributed by atoms with E-state index in [1.807, 2.05) is 13.0 Å². The summed E-state index contributed by atoms with van der Waals surface area (Å²) in [7, 11) is 0. The van der Waals surface area contributed by atoms with E-state index in [0.717, 1.165) is 12.1 Å². The molecule has 0 radical (unpaired) electrons. The van der Waals surface area contributed by atoms with Gasteiger partial charge in [-0.1, -0.05) is 6.07 Å². The van der Waals surface area contributed by atoms with Crippen molar-refractivity contribution >= 4 is 11.7 Å². The quantitative estimate of drug-likeness (QED) is 0.767. The number of nitrogens with zero attached hydrogens (tertiary/aromatic N) is 1. The van der Waals surface area contributed by atoms with Gasteiger partial charge in [-0.3, -0.25) is 4.79 Å². The lowest BCUT2D eigenvalue weighted by molar-refractivity contribution is -0.136. The van der Waals surface area contributed by atoms with Crippen molar-refractivity contribution in [3.8, 4) is 0 Å². The van der Waals surface area contributed by atoms with Crippen LogP contribution in [0.4, 0.5) is 10.1 Å². The largest absolute Gasteiger partial charge is 0.481 e. The monoisotopic (exact) mass is 280 g/mol. The smallest absolute Gasteiger partial charge is 0.305 e. The summed E-state index contributed by atoms with van der Waals surface area (Å²) in [5.74, 6) is -1.16. The molecule has 0 spiro atoms. The van der Waals surface area contributed by atoms with Gasteiger partial charge in [-0.25, -0.2) is 4.39 Å². The van der Waals surface area contributed by atoms with Gasteiger partial charge in [0.15, 0.2) is 0 Å². The summed E-state index contributed by atoms with van der Waals surface area (Å²) in [5, 5.41) is 12.1. The van der Waals surface area contributed by atoms with Crippen molar-refractivity contribution in [1.82, 2.24) is 5.32 Å². The van der Waals surface area contributed by atoms with E-state index in [1.165, 1.54) is 18.9 Å². The van der Waals surface area contributed by atoms with Gasteiger partial charge in [0.25, 0.3) is 0 Å². The number of halogens is 1. The van der Waals surface area contributed by atoms with E-state index in [1.54, 1.807) is 11.0 Å². The lowest BCUT2D eigenvalue weighted by Crippen LogP contribution is -2.27. The normalized spacial score (nSPS) is 14.3. The minimum atomic E-state index is -0.865. The number of benzene rings is 1. The van der Waals surface area contributed by atoms with Crippen LogP contribution in [-0.4, -0.2) is 30.2 Å². The van der Waals surface area contributed by atoms with E-state index in [-0.39, 0.29) is 12.2 Å². The Hall–Kier alpha value is -1.62. The van der Waals surface area contributed by atoms with Crippen LogP contribution in [0.2, 0.25) is 0 Å². The SMILES string of the molecule is CCN(CCC(=O)O)c1cc(CNC2CC2)ccc1F. The van der Waals surface area contributed by atoms with E-state index in [4.69, 9.17) is 5.11 Å². The van der Waals surface area contributed by atoms with Crippen molar-refractivity contribution in [3.05, 3.63) is 29.6 Å². The first-order valence-electron chi connectivity index (χ1n) is 7.08. The van der Waals surface area contributed by atoms with Crippen molar-refractivity contribution in [2.24, 2.45) is 0 Å². The second kappa shape index (κ2) is 6.70. The molecule has 0 heterocycles. The van der Waals surface area contributed by atoms with Gasteiger partial charge in [-0.2, -0.15) is 0 Å². The van der Waals surface area contributed by atoms with E-state index >= 15 is 0 Å². The number of carbonyl (C=O) groups is 1. The molecule has 110 valence electrons. The van der Waals surface area contributed by atoms with Crippen molar-refractivity contribution in [2.45, 2.75) is 38.8 Å². The first kappa shape index (κ1) is 14.8. The third-order valence-corrected chi connectivity index (χ3v) is 3.50. The van der Waals surface area contributed by atoms with Crippen molar-refractivity contribution in [2.75, 3.05) is 18.0 Å². The summed E-state index contributed by atoms with van der Waals surface area (Å²) >= 11 is 0. The number of nitrogens with one attached hydrogen (secondary N) is 1. The molecule has 4 nitrogen and oxygen atoms in total. The number of aliphatic carboxylic acids is 1. The average Bonchev–Trinajstić information content (AvgIpc) is 3.23. The van der Waals surface area contributed by atoms with Crippen LogP contribution in [-0.2, 0) is 11.3 Å². The predicted octanol–water partition coefficient (Wildman–Crippen LogP) is 2.38. The summed E-state index contributed by atoms with van der Waals surface area (Å²) in [6.45, 7) is 3.54. The minimum absolute atomic E-state index is 0.0117. The molecule has 5 heteroatoms. The van der Waals surface area contributed by atoms with Crippen LogP contribution in [0.1, 0.15) is 31.7 Å². The van der Waals surface area contributed by atoms with E-state index in [9.17, 15) is 9.18 Å². The van der Waals surface area contributed by atoms with E-state index in [2.05, 4.69) is 5.32 Å². The average molecular weight is 280 g/mol. The fraction of sp³-hybridized carbons (Fsp3) is 0.533. The molecule has 2 N–H and O–H groups in total. The molecule has 0 atom stereocenters. The lowest BCUT2D eigenvalue weighted by Gasteiger charge is -2.23. The van der Waals surface area contributed by atoms with Gasteiger partial charge in [-0.15, -0.1) is 0 Å². The van der Waals surface area contributed by atoms with Crippen molar-refractivity contribution < 1.29 is 14.3 Å². The molecular formula is C15H21FN2O2. The zero-order chi connectivity index (χ0) is 14.5. The summed E-state index contributed by atoms with van der Waals surface area (Å²) in [6, 6.07) is 5.66. The summed E-state index contributed by atoms with van der Waals surface area (Å²) in [5.41, 5.74) is 1.52. The van der Waals surface area contributed by atoms with Gasteiger partial charge in [-0.05, 0) is 37.5 Å². The van der Waals surface area contributed by atoms with Gasteiger partial charge < -0.3 is 15.3 Å². The molecule has 1 aromatic carbocycles. The Morgan fingerprint density at radius 2 is 2.25 bits per heavy atom. The Bertz CT molecular complexity index is 475. The Kier molecular flexibility index (Phi) is 4.95. The van der Waals surface area contributed by atoms with Crippen LogP contribution in [0, 0.1) is 5.82 Å². The fourth-order valence-corrected chi connectivity index (χ4v) is 2.14. The van der Waals surface area contributed by atoms with Crippen LogP contribution in [0.15, 0.2) is 18.2 Å². The molecule has 1 saturated carbocycles. The Morgan fingerprint density at radius 3 is 2.85 bits per heavy atom. The maximum absolute atomic E-state index is 13.9. The number of rotatable bonds is 8. The molecule has 0 aromatic heterocycles. The third kappa shape index (κ3) is 4.20. The molecular weight excluding hydrogens is 259 g/mol. The highest BCUT2D eigenvalue weighted by Crippen LogP contribution is 2.23. The summed E-state index contributed by atoms with van der Waals surface area (Å²) in [6.07, 6.45) is 2.44. The van der Waals surface area contributed by atoms with E-state index in [0.29, 0.717) is 24.8 Å². The molecule has 0 amide bonds. The number of anilines is 1. The minimum Gasteiger partial charge on any atom is -0.481 e. The maximum Gasteiger partial charge on any atom is 0.305 e. The number of carboxylic acids is 1. The molecule has 0 aliphatic heterocycles. The summed E-state index contributed by atoms with van der Waals surface area (Å²) in [4.78, 5) is 12.4. The van der Waals surface area contributed by atoms with Crippen LogP contribution in [0.25, 0.3) is 0 Å². The second-order valence-corrected chi connectivity index (χ2v) is 5.16. The molecule has 0 saturated heterocycles. The van der Waals surface area contributed by atoms with Gasteiger partial charge in [0.2, 0.25) is 0 Å². The van der Waals surface area contributed by atoms with Crippen LogP contribution < -0.4 is 10.2 Å². The zero-order valence-electron chi connectivity index (χ0n) is 11.7.